The van der Waals surface area contributed by atoms with E-state index in [0.717, 1.165) is 5.56 Å². The molecule has 3 saturated heterocycles. The maximum absolute atomic E-state index is 14.0. The molecule has 5 amide bonds. The van der Waals surface area contributed by atoms with Gasteiger partial charge in [0.25, 0.3) is 0 Å². The molecule has 0 bridgehead atoms. The number of amides is 5. The van der Waals surface area contributed by atoms with Gasteiger partial charge >= 0.3 is 18.1 Å². The molecule has 4 aromatic carbocycles. The lowest BCUT2D eigenvalue weighted by atomic mass is 9.66. The zero-order valence-corrected chi connectivity index (χ0v) is 43.7. The second-order valence-corrected chi connectivity index (χ2v) is 19.9. The van der Waals surface area contributed by atoms with Crippen LogP contribution in [-0.2, 0) is 56.0 Å². The van der Waals surface area contributed by atoms with Crippen molar-refractivity contribution in [2.45, 2.75) is 108 Å². The fourth-order valence-electron chi connectivity index (χ4n) is 10.4. The number of alkyl carbamates (subject to hydrolysis) is 1. The van der Waals surface area contributed by atoms with E-state index in [2.05, 4.69) is 21.3 Å². The summed E-state index contributed by atoms with van der Waals surface area (Å²) >= 11 is 0. The van der Waals surface area contributed by atoms with Gasteiger partial charge in [-0.2, -0.15) is 0 Å². The largest absolute Gasteiger partial charge is 0.493 e. The summed E-state index contributed by atoms with van der Waals surface area (Å²) < 4.78 is 65.1. The first-order chi connectivity index (χ1) is 37.6. The number of hydrogen-bond donors (Lipinski definition) is 7. The summed E-state index contributed by atoms with van der Waals surface area (Å²) in [7, 11) is 2.96. The van der Waals surface area contributed by atoms with Crippen LogP contribution in [0.4, 0.5) is 15.3 Å². The third-order valence-electron chi connectivity index (χ3n) is 14.4. The van der Waals surface area contributed by atoms with Crippen molar-refractivity contribution in [1.82, 2.24) is 16.0 Å². The van der Waals surface area contributed by atoms with Crippen molar-refractivity contribution in [2.24, 2.45) is 23.5 Å². The van der Waals surface area contributed by atoms with E-state index in [-0.39, 0.29) is 64.3 Å². The lowest BCUT2D eigenvalue weighted by Crippen LogP contribution is -2.63. The number of aliphatic hydroxyl groups is 2. The SMILES string of the molecule is COc1cc([C@@H]2c3cc4c(cc3[C@@H](O[C@@H]3O[C@@H]5CO[C@@H](C)O[C@H]5[C@H](O)[C@H]3O)[C@H]3COC(=O)[C@H]23)OCO4)cc(OC)c1OCc1ccc(NC(=O)[C@H](CCCNC(N)=O)NC(=O)[C@@H](NC(=O)OCc2ccccc2)C(C)C)cc1. The number of esters is 1. The summed E-state index contributed by atoms with van der Waals surface area (Å²) in [6.07, 6.45) is -7.65. The fraction of sp³-hybridized carbons (Fsp3) is 0.473. The number of primary amides is 1. The van der Waals surface area contributed by atoms with Crippen LogP contribution >= 0.6 is 0 Å². The molecule has 23 nitrogen and oxygen atoms in total. The smallest absolute Gasteiger partial charge is 0.408 e. The third kappa shape index (κ3) is 12.3. The minimum atomic E-state index is -1.50. The highest BCUT2D eigenvalue weighted by Gasteiger charge is 2.56. The summed E-state index contributed by atoms with van der Waals surface area (Å²) in [5, 5.41) is 33.2. The number of methoxy groups -OCH3 is 2. The van der Waals surface area contributed by atoms with E-state index in [0.29, 0.717) is 50.9 Å². The first kappa shape index (κ1) is 55.3. The minimum Gasteiger partial charge on any atom is -0.493 e. The number of aliphatic hydroxyl groups excluding tert-OH is 2. The lowest BCUT2D eigenvalue weighted by molar-refractivity contribution is -0.364. The molecule has 0 saturated carbocycles. The Morgan fingerprint density at radius 2 is 1.50 bits per heavy atom. The van der Waals surface area contributed by atoms with Gasteiger partial charge in [0.05, 0.1) is 39.5 Å². The molecule has 12 atom stereocenters. The Balaban J connectivity index is 0.895. The van der Waals surface area contributed by atoms with E-state index >= 15 is 0 Å². The summed E-state index contributed by atoms with van der Waals surface area (Å²) in [6.45, 7) is 5.41. The van der Waals surface area contributed by atoms with Crippen LogP contribution in [0, 0.1) is 17.8 Å². The normalized spacial score (nSPS) is 25.5. The van der Waals surface area contributed by atoms with Gasteiger partial charge in [0.2, 0.25) is 24.4 Å². The van der Waals surface area contributed by atoms with E-state index in [1.807, 2.05) is 18.2 Å². The van der Waals surface area contributed by atoms with Crippen LogP contribution in [0.5, 0.6) is 28.7 Å². The first-order valence-corrected chi connectivity index (χ1v) is 25.7. The number of nitrogens with one attached hydrogen (secondary N) is 4. The molecule has 8 N–H and O–H groups in total. The van der Waals surface area contributed by atoms with Gasteiger partial charge in [0.1, 0.15) is 49.7 Å². The highest BCUT2D eigenvalue weighted by atomic mass is 16.8. The molecule has 4 aliphatic heterocycles. The molecule has 0 spiro atoms. The van der Waals surface area contributed by atoms with Crippen molar-refractivity contribution in [1.29, 1.82) is 0 Å². The monoisotopic (exact) mass is 1080 g/mol. The van der Waals surface area contributed by atoms with Crippen molar-refractivity contribution in [2.75, 3.05) is 46.1 Å². The molecule has 4 heterocycles. The van der Waals surface area contributed by atoms with Gasteiger partial charge in [0.15, 0.2) is 35.6 Å². The van der Waals surface area contributed by atoms with Gasteiger partial charge in [-0.05, 0) is 89.9 Å². The van der Waals surface area contributed by atoms with Crippen LogP contribution in [0.3, 0.4) is 0 Å². The number of nitrogens with two attached hydrogens (primary N) is 1. The van der Waals surface area contributed by atoms with Crippen molar-refractivity contribution in [3.8, 4) is 28.7 Å². The van der Waals surface area contributed by atoms with E-state index in [9.17, 15) is 34.2 Å². The van der Waals surface area contributed by atoms with Crippen molar-refractivity contribution in [3.63, 3.8) is 0 Å². The van der Waals surface area contributed by atoms with Crippen LogP contribution in [-0.4, -0.2) is 130 Å². The lowest BCUT2D eigenvalue weighted by Gasteiger charge is -2.47. The molecule has 418 valence electrons. The van der Waals surface area contributed by atoms with Gasteiger partial charge in [0, 0.05) is 24.1 Å². The number of ether oxygens (including phenoxy) is 11. The number of carbonyl (C=O) groups excluding carboxylic acids is 5. The number of carbonyl (C=O) groups is 5. The molecule has 78 heavy (non-hydrogen) atoms. The first-order valence-electron chi connectivity index (χ1n) is 25.7. The fourth-order valence-corrected chi connectivity index (χ4v) is 10.4. The van der Waals surface area contributed by atoms with E-state index in [1.54, 1.807) is 81.4 Å². The second kappa shape index (κ2) is 24.5. The quantitative estimate of drug-likeness (QED) is 0.0485. The van der Waals surface area contributed by atoms with Gasteiger partial charge in [-0.15, -0.1) is 0 Å². The topological polar surface area (TPSA) is 301 Å². The highest BCUT2D eigenvalue weighted by molar-refractivity contribution is 5.98. The molecular formula is C55H65N5O18. The second-order valence-electron chi connectivity index (χ2n) is 19.9. The van der Waals surface area contributed by atoms with Crippen molar-refractivity contribution in [3.05, 3.63) is 107 Å². The molecule has 5 aliphatic rings. The summed E-state index contributed by atoms with van der Waals surface area (Å²) in [4.78, 5) is 65.6. The van der Waals surface area contributed by atoms with E-state index in [1.165, 1.54) is 14.2 Å². The predicted molar refractivity (Wildman–Crippen MR) is 273 cm³/mol. The Kier molecular flexibility index (Phi) is 17.4. The number of anilines is 1. The summed E-state index contributed by atoms with van der Waals surface area (Å²) in [6, 6.07) is 20.2. The zero-order chi connectivity index (χ0) is 55.2. The Morgan fingerprint density at radius 1 is 0.808 bits per heavy atom. The minimum absolute atomic E-state index is 0.00281. The molecule has 23 heteroatoms. The third-order valence-corrected chi connectivity index (χ3v) is 14.4. The standard InChI is InChI=1S/C55H65N5O18/c1-27(2)44(60-55(67)73-23-29-10-7-6-8-11-29)51(64)59-36(12-9-17-57-54(56)66)50(63)58-32-15-13-30(14-16-32)22-71-48-39(68-4)18-31(19-40(48)69-5)42-33-20-37-38(75-26-74-37)21-34(33)47(35-24-72-52(65)43(35)42)78-53-46(62)45(61)49-41(77-53)25-70-28(3)76-49/h6-8,10-11,13-16,18-21,27-28,35-36,41-47,49,53,61-62H,9,12,17,22-26H2,1-5H3,(H,58,63)(H,59,64)(H,60,67)(H3,56,57,66)/t28-,35+,36+,41-,42-,43+,44+,45-,46-,47-,49-,53+/m1/s1. The maximum atomic E-state index is 14.0. The molecule has 9 rings (SSSR count). The zero-order valence-electron chi connectivity index (χ0n) is 43.7. The van der Waals surface area contributed by atoms with Gasteiger partial charge in [-0.1, -0.05) is 56.3 Å². The number of rotatable bonds is 20. The van der Waals surface area contributed by atoms with Crippen LogP contribution in [0.25, 0.3) is 0 Å². The Morgan fingerprint density at radius 3 is 2.18 bits per heavy atom. The summed E-state index contributed by atoms with van der Waals surface area (Å²) in [5.74, 6) is -2.32. The van der Waals surface area contributed by atoms with Gasteiger partial charge in [-0.25, -0.2) is 9.59 Å². The van der Waals surface area contributed by atoms with Crippen molar-refractivity contribution < 1.29 is 86.3 Å². The summed E-state index contributed by atoms with van der Waals surface area (Å²) in [5.41, 5.74) is 9.01. The predicted octanol–water partition coefficient (Wildman–Crippen LogP) is 4.03. The Labute approximate surface area is 449 Å². The number of benzene rings is 4. The highest BCUT2D eigenvalue weighted by Crippen LogP contribution is 2.57. The molecule has 3 fully saturated rings. The number of urea groups is 1. The average molecular weight is 1080 g/mol. The van der Waals surface area contributed by atoms with Crippen LogP contribution < -0.4 is 50.7 Å². The van der Waals surface area contributed by atoms with Crippen LogP contribution in [0.1, 0.15) is 73.5 Å². The maximum Gasteiger partial charge on any atom is 0.408 e. The van der Waals surface area contributed by atoms with Crippen LogP contribution in [0.15, 0.2) is 78.9 Å². The Bertz CT molecular complexity index is 2780. The molecule has 0 unspecified atom stereocenters. The molecule has 4 aromatic rings. The molecule has 0 radical (unpaired) electrons. The number of hydrogen-bond acceptors (Lipinski definition) is 18. The van der Waals surface area contributed by atoms with E-state index in [4.69, 9.17) is 57.8 Å². The van der Waals surface area contributed by atoms with E-state index < -0.39 is 103 Å². The number of fused-ring (bicyclic) bond motifs is 4. The average Bonchev–Trinajstić information content (AvgIpc) is 4.25. The van der Waals surface area contributed by atoms with Gasteiger partial charge in [-0.3, -0.25) is 14.4 Å². The Hall–Kier alpha value is -7.41. The molecular weight excluding hydrogens is 1020 g/mol. The molecule has 0 aromatic heterocycles. The van der Waals surface area contributed by atoms with Crippen LogP contribution in [0.2, 0.25) is 0 Å². The number of cyclic esters (lactones) is 1. The van der Waals surface area contributed by atoms with Crippen molar-refractivity contribution >= 4 is 35.6 Å². The molecule has 1 aliphatic carbocycles. The van der Waals surface area contributed by atoms with Gasteiger partial charge < -0.3 is 89.3 Å².